The molecule has 0 saturated carbocycles. The van der Waals surface area contributed by atoms with Gasteiger partial charge in [-0.2, -0.15) is 0 Å². The summed E-state index contributed by atoms with van der Waals surface area (Å²) in [4.78, 5) is 12.0. The van der Waals surface area contributed by atoms with Gasteiger partial charge >= 0.3 is 0 Å². The zero-order valence-electron chi connectivity index (χ0n) is 10.4. The Morgan fingerprint density at radius 1 is 1.26 bits per heavy atom. The van der Waals surface area contributed by atoms with E-state index in [0.717, 1.165) is 0 Å². The highest BCUT2D eigenvalue weighted by Gasteiger charge is 2.15. The van der Waals surface area contributed by atoms with Crippen LogP contribution in [0.1, 0.15) is 10.4 Å². The Balaban J connectivity index is 2.24. The molecule has 100 valence electrons. The van der Waals surface area contributed by atoms with Gasteiger partial charge in [0.2, 0.25) is 0 Å². The molecule has 0 aliphatic heterocycles. The maximum atomic E-state index is 12.0. The highest BCUT2D eigenvalue weighted by atomic mass is 79.9. The van der Waals surface area contributed by atoms with Crippen molar-refractivity contribution >= 4 is 27.5 Å². The zero-order valence-corrected chi connectivity index (χ0v) is 12.0. The van der Waals surface area contributed by atoms with E-state index in [-0.39, 0.29) is 5.91 Å². The fourth-order valence-corrected chi connectivity index (χ4v) is 1.97. The number of benzene rings is 1. The van der Waals surface area contributed by atoms with Crippen LogP contribution in [0.15, 0.2) is 39.6 Å². The number of halogens is 1. The van der Waals surface area contributed by atoms with Gasteiger partial charge in [0.15, 0.2) is 4.67 Å². The zero-order chi connectivity index (χ0) is 13.8. The van der Waals surface area contributed by atoms with Crippen LogP contribution in [-0.4, -0.2) is 20.1 Å². The van der Waals surface area contributed by atoms with Crippen LogP contribution >= 0.6 is 15.9 Å². The molecule has 0 radical (unpaired) electrons. The molecule has 2 rings (SSSR count). The number of amides is 1. The van der Waals surface area contributed by atoms with Crippen LogP contribution in [0.4, 0.5) is 5.69 Å². The Bertz CT molecular complexity index is 594. The number of furan rings is 1. The topological polar surface area (TPSA) is 60.7 Å². The summed E-state index contributed by atoms with van der Waals surface area (Å²) in [5, 5.41) is 2.75. The van der Waals surface area contributed by atoms with Crippen LogP contribution in [0.5, 0.6) is 11.5 Å². The van der Waals surface area contributed by atoms with Crippen molar-refractivity contribution in [3.05, 3.63) is 40.8 Å². The Morgan fingerprint density at radius 3 is 2.63 bits per heavy atom. The Kier molecular flexibility index (Phi) is 4.11. The lowest BCUT2D eigenvalue weighted by molar-refractivity contribution is 0.102. The molecule has 0 unspecified atom stereocenters. The molecule has 1 amide bonds. The van der Waals surface area contributed by atoms with Gasteiger partial charge in [0, 0.05) is 6.07 Å². The summed E-state index contributed by atoms with van der Waals surface area (Å²) in [6.07, 6.45) is 1.43. The predicted molar refractivity (Wildman–Crippen MR) is 73.9 cm³/mol. The summed E-state index contributed by atoms with van der Waals surface area (Å²) in [5.74, 6) is 0.885. The maximum Gasteiger partial charge on any atom is 0.260 e. The van der Waals surface area contributed by atoms with E-state index in [9.17, 15) is 4.79 Å². The van der Waals surface area contributed by atoms with E-state index in [2.05, 4.69) is 21.2 Å². The van der Waals surface area contributed by atoms with E-state index in [1.807, 2.05) is 0 Å². The number of anilines is 1. The predicted octanol–water partition coefficient (Wildman–Crippen LogP) is 3.31. The normalized spacial score (nSPS) is 10.1. The third-order valence-corrected chi connectivity index (χ3v) is 3.13. The van der Waals surface area contributed by atoms with Crippen molar-refractivity contribution in [2.75, 3.05) is 19.5 Å². The third-order valence-electron chi connectivity index (χ3n) is 2.52. The lowest BCUT2D eigenvalue weighted by Gasteiger charge is -2.11. The number of methoxy groups -OCH3 is 2. The van der Waals surface area contributed by atoms with E-state index >= 15 is 0 Å². The van der Waals surface area contributed by atoms with Crippen LogP contribution in [0.2, 0.25) is 0 Å². The van der Waals surface area contributed by atoms with Crippen LogP contribution in [0, 0.1) is 0 Å². The minimum atomic E-state index is -0.288. The van der Waals surface area contributed by atoms with Crippen LogP contribution in [0.3, 0.4) is 0 Å². The van der Waals surface area contributed by atoms with E-state index < -0.39 is 0 Å². The van der Waals surface area contributed by atoms with Crippen molar-refractivity contribution < 1.29 is 18.7 Å². The minimum Gasteiger partial charge on any atom is -0.497 e. The molecule has 0 spiro atoms. The Morgan fingerprint density at radius 2 is 2.05 bits per heavy atom. The number of ether oxygens (including phenoxy) is 2. The summed E-state index contributed by atoms with van der Waals surface area (Å²) >= 11 is 3.16. The molecule has 5 nitrogen and oxygen atoms in total. The first kappa shape index (κ1) is 13.5. The standard InChI is InChI=1S/C13H12BrNO4/c1-17-8-3-4-10(11(7-8)18-2)15-13(16)9-5-6-19-12(9)14/h3-7H,1-2H3,(H,15,16). The first-order valence-corrected chi connectivity index (χ1v) is 6.21. The second kappa shape index (κ2) is 5.79. The van der Waals surface area contributed by atoms with Crippen LogP contribution < -0.4 is 14.8 Å². The molecule has 0 fully saturated rings. The van der Waals surface area contributed by atoms with Gasteiger partial charge < -0.3 is 19.2 Å². The molecule has 0 aliphatic rings. The molecule has 2 aromatic rings. The first-order chi connectivity index (χ1) is 9.15. The average Bonchev–Trinajstić information content (AvgIpc) is 2.85. The van der Waals surface area contributed by atoms with Gasteiger partial charge in [-0.1, -0.05) is 0 Å². The molecule has 0 aliphatic carbocycles. The van der Waals surface area contributed by atoms with E-state index in [1.54, 1.807) is 31.4 Å². The summed E-state index contributed by atoms with van der Waals surface area (Å²) < 4.78 is 15.7. The van der Waals surface area contributed by atoms with Crippen molar-refractivity contribution in [3.8, 4) is 11.5 Å². The van der Waals surface area contributed by atoms with Crippen molar-refractivity contribution in [3.63, 3.8) is 0 Å². The lowest BCUT2D eigenvalue weighted by atomic mass is 10.2. The van der Waals surface area contributed by atoms with Crippen molar-refractivity contribution in [2.24, 2.45) is 0 Å². The van der Waals surface area contributed by atoms with Crippen LogP contribution in [-0.2, 0) is 0 Å². The molecule has 0 atom stereocenters. The van der Waals surface area contributed by atoms with Crippen molar-refractivity contribution in [1.29, 1.82) is 0 Å². The fraction of sp³-hybridized carbons (Fsp3) is 0.154. The molecule has 1 N–H and O–H groups in total. The highest BCUT2D eigenvalue weighted by Crippen LogP contribution is 2.30. The molecular formula is C13H12BrNO4. The summed E-state index contributed by atoms with van der Waals surface area (Å²) in [6.45, 7) is 0. The summed E-state index contributed by atoms with van der Waals surface area (Å²) in [5.41, 5.74) is 0.972. The number of nitrogens with one attached hydrogen (secondary N) is 1. The van der Waals surface area contributed by atoms with Gasteiger partial charge in [-0.25, -0.2) is 0 Å². The van der Waals surface area contributed by atoms with Crippen molar-refractivity contribution in [1.82, 2.24) is 0 Å². The minimum absolute atomic E-state index is 0.288. The van der Waals surface area contributed by atoms with Gasteiger partial charge in [-0.15, -0.1) is 0 Å². The Labute approximate surface area is 118 Å². The number of hydrogen-bond donors (Lipinski definition) is 1. The second-order valence-electron chi connectivity index (χ2n) is 3.63. The van der Waals surface area contributed by atoms with Gasteiger partial charge in [-0.3, -0.25) is 4.79 Å². The van der Waals surface area contributed by atoms with E-state index in [4.69, 9.17) is 13.9 Å². The van der Waals surface area contributed by atoms with Gasteiger partial charge in [0.05, 0.1) is 31.7 Å². The lowest BCUT2D eigenvalue weighted by Crippen LogP contribution is -2.12. The molecule has 6 heteroatoms. The molecule has 1 heterocycles. The van der Waals surface area contributed by atoms with Gasteiger partial charge in [0.25, 0.3) is 5.91 Å². The summed E-state index contributed by atoms with van der Waals surface area (Å²) in [7, 11) is 3.09. The number of carbonyl (C=O) groups is 1. The molecule has 0 bridgehead atoms. The van der Waals surface area contributed by atoms with E-state index in [0.29, 0.717) is 27.4 Å². The summed E-state index contributed by atoms with van der Waals surface area (Å²) in [6, 6.07) is 6.72. The smallest absolute Gasteiger partial charge is 0.260 e. The van der Waals surface area contributed by atoms with E-state index in [1.165, 1.54) is 13.4 Å². The maximum absolute atomic E-state index is 12.0. The highest BCUT2D eigenvalue weighted by molar-refractivity contribution is 9.10. The fourth-order valence-electron chi connectivity index (χ4n) is 1.55. The van der Waals surface area contributed by atoms with Crippen LogP contribution in [0.25, 0.3) is 0 Å². The SMILES string of the molecule is COc1ccc(NC(=O)c2ccoc2Br)c(OC)c1. The monoisotopic (exact) mass is 325 g/mol. The molecule has 1 aromatic carbocycles. The van der Waals surface area contributed by atoms with Gasteiger partial charge in [-0.05, 0) is 34.1 Å². The average molecular weight is 326 g/mol. The molecule has 1 aromatic heterocycles. The van der Waals surface area contributed by atoms with Gasteiger partial charge in [0.1, 0.15) is 11.5 Å². The number of rotatable bonds is 4. The third kappa shape index (κ3) is 2.90. The largest absolute Gasteiger partial charge is 0.497 e. The second-order valence-corrected chi connectivity index (χ2v) is 4.35. The number of hydrogen-bond acceptors (Lipinski definition) is 4. The number of carbonyl (C=O) groups excluding carboxylic acids is 1. The Hall–Kier alpha value is -1.95. The van der Waals surface area contributed by atoms with Crippen molar-refractivity contribution in [2.45, 2.75) is 0 Å². The molecule has 19 heavy (non-hydrogen) atoms. The molecule has 0 saturated heterocycles. The quantitative estimate of drug-likeness (QED) is 0.936. The molecular weight excluding hydrogens is 314 g/mol. The first-order valence-electron chi connectivity index (χ1n) is 5.42.